The van der Waals surface area contributed by atoms with Gasteiger partial charge in [0.05, 0.1) is 24.5 Å². The molecule has 0 spiro atoms. The largest absolute Gasteiger partial charge is 0.444 e. The Kier molecular flexibility index (Phi) is 12.4. The average molecular weight is 604 g/mol. The Morgan fingerprint density at radius 2 is 1.11 bits per heavy atom. The number of carbonyl (C=O) groups excluding carboxylic acids is 3. The molecule has 0 atom stereocenters. The van der Waals surface area contributed by atoms with Gasteiger partial charge < -0.3 is 19.3 Å². The first kappa shape index (κ1) is 34.2. The van der Waals surface area contributed by atoms with Crippen LogP contribution >= 0.6 is 0 Å². The molecule has 0 saturated heterocycles. The van der Waals surface area contributed by atoms with Crippen molar-refractivity contribution in [1.82, 2.24) is 24.7 Å². The van der Waals surface area contributed by atoms with Gasteiger partial charge in [0.15, 0.2) is 0 Å². The molecule has 0 saturated carbocycles. The number of benzene rings is 1. The summed E-state index contributed by atoms with van der Waals surface area (Å²) in [5, 5.41) is 0. The highest BCUT2D eigenvalue weighted by Crippen LogP contribution is 2.15. The molecule has 1 aromatic carbocycles. The summed E-state index contributed by atoms with van der Waals surface area (Å²) >= 11 is 0. The summed E-state index contributed by atoms with van der Waals surface area (Å²) in [6.45, 7) is 13.9. The van der Waals surface area contributed by atoms with Crippen LogP contribution in [0.5, 0.6) is 0 Å². The highest BCUT2D eigenvalue weighted by molar-refractivity contribution is 5.74. The van der Waals surface area contributed by atoms with E-state index in [1.807, 2.05) is 90.1 Å². The van der Waals surface area contributed by atoms with E-state index in [-0.39, 0.29) is 0 Å². The number of rotatable bonds is 13. The number of aromatic nitrogens is 2. The predicted octanol–water partition coefficient (Wildman–Crippen LogP) is 5.97. The van der Waals surface area contributed by atoms with Crippen LogP contribution in [0.1, 0.15) is 68.9 Å². The van der Waals surface area contributed by atoms with Gasteiger partial charge in [0.1, 0.15) is 17.5 Å². The van der Waals surface area contributed by atoms with Crippen LogP contribution in [-0.2, 0) is 29.1 Å². The highest BCUT2D eigenvalue weighted by atomic mass is 16.6. The smallest absolute Gasteiger partial charge is 0.410 e. The van der Waals surface area contributed by atoms with Crippen molar-refractivity contribution in [2.75, 3.05) is 26.2 Å². The van der Waals surface area contributed by atoms with E-state index in [0.29, 0.717) is 51.4 Å². The first-order chi connectivity index (χ1) is 20.8. The third-order valence-electron chi connectivity index (χ3n) is 6.36. The van der Waals surface area contributed by atoms with Gasteiger partial charge in [0.2, 0.25) is 0 Å². The highest BCUT2D eigenvalue weighted by Gasteiger charge is 2.25. The van der Waals surface area contributed by atoms with Crippen LogP contribution in [0.4, 0.5) is 9.59 Å². The maximum absolute atomic E-state index is 13.2. The van der Waals surface area contributed by atoms with Gasteiger partial charge >= 0.3 is 12.2 Å². The Hall–Kier alpha value is -4.31. The summed E-state index contributed by atoms with van der Waals surface area (Å²) in [7, 11) is 0. The van der Waals surface area contributed by atoms with Crippen LogP contribution in [0.3, 0.4) is 0 Å². The summed E-state index contributed by atoms with van der Waals surface area (Å²) in [6, 6.07) is 18.6. The van der Waals surface area contributed by atoms with Crippen LogP contribution in [0.15, 0.2) is 73.1 Å². The Labute approximate surface area is 261 Å². The minimum absolute atomic E-state index is 0.293. The molecule has 3 aromatic rings. The van der Waals surface area contributed by atoms with E-state index in [9.17, 15) is 14.4 Å². The molecule has 2 aromatic heterocycles. The van der Waals surface area contributed by atoms with Gasteiger partial charge in [-0.2, -0.15) is 0 Å². The molecule has 10 nitrogen and oxygen atoms in total. The Balaban J connectivity index is 1.82. The molecule has 236 valence electrons. The number of ether oxygens (including phenoxy) is 2. The molecule has 0 fully saturated rings. The molecule has 2 heterocycles. The lowest BCUT2D eigenvalue weighted by Crippen LogP contribution is -2.44. The van der Waals surface area contributed by atoms with Gasteiger partial charge in [-0.1, -0.05) is 36.4 Å². The number of pyridine rings is 2. The van der Waals surface area contributed by atoms with Crippen molar-refractivity contribution in [3.63, 3.8) is 0 Å². The number of amides is 2. The molecule has 0 aliphatic rings. The predicted molar refractivity (Wildman–Crippen MR) is 169 cm³/mol. The van der Waals surface area contributed by atoms with E-state index < -0.39 is 23.4 Å². The molecule has 3 rings (SSSR count). The average Bonchev–Trinajstić information content (AvgIpc) is 2.96. The Morgan fingerprint density at radius 1 is 0.659 bits per heavy atom. The monoisotopic (exact) mass is 603 g/mol. The number of nitrogens with zero attached hydrogens (tertiary/aromatic N) is 5. The third-order valence-corrected chi connectivity index (χ3v) is 6.36. The van der Waals surface area contributed by atoms with Crippen molar-refractivity contribution < 1.29 is 23.9 Å². The fourth-order valence-corrected chi connectivity index (χ4v) is 4.25. The topological polar surface area (TPSA) is 105 Å². The summed E-state index contributed by atoms with van der Waals surface area (Å²) in [5.74, 6) is 0. The van der Waals surface area contributed by atoms with Crippen molar-refractivity contribution in [2.45, 2.75) is 72.4 Å². The second-order valence-electron chi connectivity index (χ2n) is 12.6. The normalized spacial score (nSPS) is 11.6. The Morgan fingerprint density at radius 3 is 1.48 bits per heavy atom. The van der Waals surface area contributed by atoms with Crippen LogP contribution < -0.4 is 0 Å². The molecule has 0 unspecified atom stereocenters. The number of hydrogen-bond acceptors (Lipinski definition) is 8. The molecule has 0 radical (unpaired) electrons. The maximum Gasteiger partial charge on any atom is 0.410 e. The standard InChI is InChI=1S/C34H45N5O5/c1-33(2,3)43-31(41)38(24-29-11-7-9-17-35-29)21-19-37(23-27-13-15-28(26-40)16-14-27)20-22-39(32(42)44-34(4,5)6)25-30-12-8-10-18-36-30/h7-18,26H,19-25H2,1-6H3. The molecule has 0 bridgehead atoms. The quantitative estimate of drug-likeness (QED) is 0.220. The molecule has 44 heavy (non-hydrogen) atoms. The van der Waals surface area contributed by atoms with Crippen LogP contribution in [-0.4, -0.2) is 80.5 Å². The second kappa shape index (κ2) is 16.0. The summed E-state index contributed by atoms with van der Waals surface area (Å²) in [5.41, 5.74) is 1.79. The van der Waals surface area contributed by atoms with Crippen LogP contribution in [0.2, 0.25) is 0 Å². The minimum atomic E-state index is -0.654. The Bertz CT molecular complexity index is 1240. The minimum Gasteiger partial charge on any atom is -0.444 e. The first-order valence-electron chi connectivity index (χ1n) is 14.8. The number of aldehydes is 1. The third kappa shape index (κ3) is 12.5. The SMILES string of the molecule is CC(C)(C)OC(=O)N(CCN(CCN(Cc1ccccn1)C(=O)OC(C)(C)C)Cc1ccc(C=O)cc1)Cc1ccccn1. The molecule has 0 N–H and O–H groups in total. The van der Waals surface area contributed by atoms with Crippen molar-refractivity contribution in [1.29, 1.82) is 0 Å². The van der Waals surface area contributed by atoms with Crippen molar-refractivity contribution in [3.05, 3.63) is 95.6 Å². The van der Waals surface area contributed by atoms with Gasteiger partial charge in [0, 0.05) is 50.7 Å². The van der Waals surface area contributed by atoms with E-state index in [1.165, 1.54) is 0 Å². The number of carbonyl (C=O) groups is 3. The van der Waals surface area contributed by atoms with E-state index in [4.69, 9.17) is 9.47 Å². The fourth-order valence-electron chi connectivity index (χ4n) is 4.25. The zero-order valence-corrected chi connectivity index (χ0v) is 26.7. The zero-order valence-electron chi connectivity index (χ0n) is 26.7. The summed E-state index contributed by atoms with van der Waals surface area (Å²) in [6.07, 6.45) is 3.36. The van der Waals surface area contributed by atoms with Gasteiger partial charge in [-0.3, -0.25) is 19.7 Å². The van der Waals surface area contributed by atoms with Gasteiger partial charge in [-0.15, -0.1) is 0 Å². The molecular formula is C34H45N5O5. The molecule has 0 aliphatic carbocycles. The van der Waals surface area contributed by atoms with Crippen molar-refractivity contribution in [3.8, 4) is 0 Å². The fraction of sp³-hybridized carbons (Fsp3) is 0.441. The van der Waals surface area contributed by atoms with Gasteiger partial charge in [-0.05, 0) is 71.4 Å². The van der Waals surface area contributed by atoms with E-state index >= 15 is 0 Å². The summed E-state index contributed by atoms with van der Waals surface area (Å²) < 4.78 is 11.4. The lowest BCUT2D eigenvalue weighted by atomic mass is 10.1. The number of hydrogen-bond donors (Lipinski definition) is 0. The van der Waals surface area contributed by atoms with E-state index in [2.05, 4.69) is 14.9 Å². The van der Waals surface area contributed by atoms with Crippen molar-refractivity contribution in [2.24, 2.45) is 0 Å². The van der Waals surface area contributed by atoms with E-state index in [0.717, 1.165) is 23.2 Å². The van der Waals surface area contributed by atoms with Crippen LogP contribution in [0.25, 0.3) is 0 Å². The second-order valence-corrected chi connectivity index (χ2v) is 12.6. The van der Waals surface area contributed by atoms with Gasteiger partial charge in [-0.25, -0.2) is 9.59 Å². The van der Waals surface area contributed by atoms with Crippen molar-refractivity contribution >= 4 is 18.5 Å². The molecular weight excluding hydrogens is 558 g/mol. The van der Waals surface area contributed by atoms with Gasteiger partial charge in [0.25, 0.3) is 0 Å². The first-order valence-corrected chi connectivity index (χ1v) is 14.8. The molecule has 0 aliphatic heterocycles. The van der Waals surface area contributed by atoms with Crippen LogP contribution in [0, 0.1) is 0 Å². The van der Waals surface area contributed by atoms with E-state index in [1.54, 1.807) is 34.3 Å². The maximum atomic E-state index is 13.2. The lowest BCUT2D eigenvalue weighted by Gasteiger charge is -2.32. The lowest BCUT2D eigenvalue weighted by molar-refractivity contribution is 0.0185. The summed E-state index contributed by atoms with van der Waals surface area (Å²) in [4.78, 5) is 52.0. The zero-order chi connectivity index (χ0) is 32.2. The molecule has 10 heteroatoms. The molecule has 2 amide bonds.